The Labute approximate surface area is 108 Å². The summed E-state index contributed by atoms with van der Waals surface area (Å²) in [7, 11) is 0. The zero-order valence-corrected chi connectivity index (χ0v) is 10.1. The van der Waals surface area contributed by atoms with E-state index >= 15 is 0 Å². The average Bonchev–Trinajstić information content (AvgIpc) is 2.58. The number of benzene rings is 1. The van der Waals surface area contributed by atoms with Gasteiger partial charge in [0, 0.05) is 16.7 Å². The summed E-state index contributed by atoms with van der Waals surface area (Å²) in [6, 6.07) is 6.40. The second kappa shape index (κ2) is 4.65. The number of hydrogen-bond donors (Lipinski definition) is 2. The minimum absolute atomic E-state index is 0.148. The molecule has 0 bridgehead atoms. The molecular formula is C11H7ClN2O2S. The smallest absolute Gasteiger partial charge is 0.274 e. The van der Waals surface area contributed by atoms with Crippen LogP contribution < -0.4 is 10.6 Å². The summed E-state index contributed by atoms with van der Waals surface area (Å²) < 4.78 is 0. The van der Waals surface area contributed by atoms with Crippen molar-refractivity contribution >= 4 is 40.6 Å². The number of amides is 1. The van der Waals surface area contributed by atoms with Gasteiger partial charge in [-0.25, -0.2) is 0 Å². The van der Waals surface area contributed by atoms with Crippen LogP contribution in [0.3, 0.4) is 0 Å². The molecular weight excluding hydrogens is 260 g/mol. The maximum atomic E-state index is 11.8. The Morgan fingerprint density at radius 3 is 2.41 bits per heavy atom. The third-order valence-electron chi connectivity index (χ3n) is 2.12. The zero-order valence-electron chi connectivity index (χ0n) is 8.49. The van der Waals surface area contributed by atoms with Gasteiger partial charge < -0.3 is 5.32 Å². The summed E-state index contributed by atoms with van der Waals surface area (Å²) >= 11 is 10.5. The molecule has 1 heterocycles. The van der Waals surface area contributed by atoms with Gasteiger partial charge in [0.2, 0.25) is 0 Å². The Balaban J connectivity index is 2.22. The van der Waals surface area contributed by atoms with Gasteiger partial charge >= 0.3 is 0 Å². The fourth-order valence-electron chi connectivity index (χ4n) is 1.31. The quantitative estimate of drug-likeness (QED) is 0.483. The van der Waals surface area contributed by atoms with E-state index < -0.39 is 5.91 Å². The monoisotopic (exact) mass is 266 g/mol. The van der Waals surface area contributed by atoms with Gasteiger partial charge in [-0.15, -0.1) is 0 Å². The number of ketones is 1. The fourth-order valence-corrected chi connectivity index (χ4v) is 1.64. The lowest BCUT2D eigenvalue weighted by Gasteiger charge is -1.97. The van der Waals surface area contributed by atoms with Crippen molar-refractivity contribution in [3.8, 4) is 0 Å². The number of rotatable bonds is 2. The first-order valence-electron chi connectivity index (χ1n) is 4.70. The molecule has 4 nitrogen and oxygen atoms in total. The van der Waals surface area contributed by atoms with Crippen LogP contribution in [-0.2, 0) is 4.79 Å². The van der Waals surface area contributed by atoms with E-state index in [2.05, 4.69) is 10.6 Å². The van der Waals surface area contributed by atoms with Crippen molar-refractivity contribution in [2.45, 2.75) is 0 Å². The van der Waals surface area contributed by atoms with Gasteiger partial charge in [-0.05, 0) is 36.5 Å². The lowest BCUT2D eigenvalue weighted by molar-refractivity contribution is -0.115. The van der Waals surface area contributed by atoms with Crippen LogP contribution in [0.4, 0.5) is 0 Å². The predicted molar refractivity (Wildman–Crippen MR) is 67.7 cm³/mol. The Morgan fingerprint density at radius 1 is 1.24 bits per heavy atom. The van der Waals surface area contributed by atoms with Crippen molar-refractivity contribution in [3.05, 3.63) is 46.6 Å². The average molecular weight is 267 g/mol. The molecule has 1 aromatic rings. The molecule has 0 aliphatic carbocycles. The fraction of sp³-hybridized carbons (Fsp3) is 0. The topological polar surface area (TPSA) is 58.2 Å². The Bertz CT molecular complexity index is 537. The molecule has 6 heteroatoms. The highest BCUT2D eigenvalue weighted by molar-refractivity contribution is 7.80. The van der Waals surface area contributed by atoms with E-state index in [-0.39, 0.29) is 16.6 Å². The van der Waals surface area contributed by atoms with Gasteiger partial charge in [-0.1, -0.05) is 11.6 Å². The summed E-state index contributed by atoms with van der Waals surface area (Å²) in [6.45, 7) is 0. The Morgan fingerprint density at radius 2 is 1.88 bits per heavy atom. The lowest BCUT2D eigenvalue weighted by atomic mass is 10.1. The third kappa shape index (κ3) is 2.69. The summed E-state index contributed by atoms with van der Waals surface area (Å²) in [5.74, 6) is -0.693. The van der Waals surface area contributed by atoms with Crippen LogP contribution in [0, 0.1) is 0 Å². The van der Waals surface area contributed by atoms with E-state index in [1.54, 1.807) is 24.3 Å². The summed E-state index contributed by atoms with van der Waals surface area (Å²) in [5.41, 5.74) is 0.601. The van der Waals surface area contributed by atoms with Gasteiger partial charge in [-0.2, -0.15) is 0 Å². The molecule has 0 saturated carbocycles. The molecule has 0 unspecified atom stereocenters. The largest absolute Gasteiger partial charge is 0.328 e. The molecule has 1 aliphatic rings. The third-order valence-corrected chi connectivity index (χ3v) is 2.58. The standard InChI is InChI=1S/C11H7ClN2O2S/c12-7-3-1-6(2-4-7)9(15)5-8-10(16)14-11(17)13-8/h1-5H,(H2,13,14,16,17). The van der Waals surface area contributed by atoms with Gasteiger partial charge in [0.25, 0.3) is 5.91 Å². The number of halogens is 1. The van der Waals surface area contributed by atoms with Crippen LogP contribution >= 0.6 is 23.8 Å². The first-order valence-corrected chi connectivity index (χ1v) is 5.49. The maximum Gasteiger partial charge on any atom is 0.274 e. The number of hydrogen-bond acceptors (Lipinski definition) is 3. The van der Waals surface area contributed by atoms with Crippen LogP contribution in [0.15, 0.2) is 36.0 Å². The van der Waals surface area contributed by atoms with Gasteiger partial charge in [0.15, 0.2) is 10.9 Å². The number of carbonyl (C=O) groups excluding carboxylic acids is 2. The second-order valence-corrected chi connectivity index (χ2v) is 4.18. The van der Waals surface area contributed by atoms with Crippen molar-refractivity contribution < 1.29 is 9.59 Å². The molecule has 2 N–H and O–H groups in total. The summed E-state index contributed by atoms with van der Waals surface area (Å²) in [5, 5.41) is 5.72. The van der Waals surface area contributed by atoms with Gasteiger partial charge in [0.1, 0.15) is 5.70 Å². The molecule has 2 rings (SSSR count). The second-order valence-electron chi connectivity index (χ2n) is 3.34. The molecule has 1 aliphatic heterocycles. The van der Waals surface area contributed by atoms with Crippen molar-refractivity contribution in [2.24, 2.45) is 0 Å². The van der Waals surface area contributed by atoms with E-state index in [0.717, 1.165) is 0 Å². The molecule has 17 heavy (non-hydrogen) atoms. The van der Waals surface area contributed by atoms with E-state index in [1.807, 2.05) is 0 Å². The molecule has 1 fully saturated rings. The minimum atomic E-state index is -0.405. The van der Waals surface area contributed by atoms with Crippen molar-refractivity contribution in [3.63, 3.8) is 0 Å². The predicted octanol–water partition coefficient (Wildman–Crippen LogP) is 1.41. The van der Waals surface area contributed by atoms with Crippen LogP contribution in [0.25, 0.3) is 0 Å². The van der Waals surface area contributed by atoms with Crippen LogP contribution in [-0.4, -0.2) is 16.8 Å². The van der Waals surface area contributed by atoms with E-state index in [4.69, 9.17) is 23.8 Å². The molecule has 1 saturated heterocycles. The van der Waals surface area contributed by atoms with Gasteiger partial charge in [0.05, 0.1) is 0 Å². The lowest BCUT2D eigenvalue weighted by Crippen LogP contribution is -2.21. The Hall–Kier alpha value is -1.72. The highest BCUT2D eigenvalue weighted by atomic mass is 35.5. The highest BCUT2D eigenvalue weighted by Gasteiger charge is 2.21. The number of allylic oxidation sites excluding steroid dienone is 1. The molecule has 0 atom stereocenters. The molecule has 0 spiro atoms. The zero-order chi connectivity index (χ0) is 12.4. The van der Waals surface area contributed by atoms with Crippen molar-refractivity contribution in [1.82, 2.24) is 10.6 Å². The molecule has 86 valence electrons. The van der Waals surface area contributed by atoms with Crippen LogP contribution in [0.1, 0.15) is 10.4 Å². The number of thiocarbonyl (C=S) groups is 1. The van der Waals surface area contributed by atoms with Crippen molar-refractivity contribution in [1.29, 1.82) is 0 Å². The van der Waals surface area contributed by atoms with Crippen LogP contribution in [0.2, 0.25) is 5.02 Å². The Kier molecular flexibility index (Phi) is 3.21. The summed E-state index contributed by atoms with van der Waals surface area (Å²) in [4.78, 5) is 23.1. The first-order chi connectivity index (χ1) is 8.06. The minimum Gasteiger partial charge on any atom is -0.328 e. The summed E-state index contributed by atoms with van der Waals surface area (Å²) in [6.07, 6.45) is 1.21. The highest BCUT2D eigenvalue weighted by Crippen LogP contribution is 2.11. The normalized spacial score (nSPS) is 16.9. The van der Waals surface area contributed by atoms with Crippen LogP contribution in [0.5, 0.6) is 0 Å². The number of carbonyl (C=O) groups is 2. The first kappa shape index (κ1) is 11.8. The molecule has 1 amide bonds. The molecule has 0 radical (unpaired) electrons. The van der Waals surface area contributed by atoms with E-state index in [9.17, 15) is 9.59 Å². The molecule has 0 aromatic heterocycles. The number of nitrogens with one attached hydrogen (secondary N) is 2. The van der Waals surface area contributed by atoms with E-state index in [1.165, 1.54) is 6.08 Å². The van der Waals surface area contributed by atoms with Crippen molar-refractivity contribution in [2.75, 3.05) is 0 Å². The molecule has 1 aromatic carbocycles. The maximum absolute atomic E-state index is 11.8. The van der Waals surface area contributed by atoms with E-state index in [0.29, 0.717) is 10.6 Å². The SMILES string of the molecule is O=C1NC(=S)NC1=CC(=O)c1ccc(Cl)cc1. The van der Waals surface area contributed by atoms with Gasteiger partial charge in [-0.3, -0.25) is 14.9 Å².